The first-order valence-corrected chi connectivity index (χ1v) is 8.10. The number of nitrogens with zero attached hydrogens (tertiary/aromatic N) is 1. The largest absolute Gasteiger partial charge is 0.354 e. The first-order valence-electron chi connectivity index (χ1n) is 8.10. The number of hydrogen-bond acceptors (Lipinski definition) is 3. The van der Waals surface area contributed by atoms with Crippen molar-refractivity contribution in [3.05, 3.63) is 0 Å². The maximum atomic E-state index is 12.5. The van der Waals surface area contributed by atoms with Crippen molar-refractivity contribution in [1.29, 1.82) is 0 Å². The molecule has 1 saturated heterocycles. The molecule has 1 fully saturated rings. The highest BCUT2D eigenvalue weighted by atomic mass is 16.2. The average Bonchev–Trinajstić information content (AvgIpc) is 2.94. The molecule has 0 aliphatic carbocycles. The number of nitrogens with one attached hydrogen (secondary N) is 2. The molecule has 0 aromatic heterocycles. The van der Waals surface area contributed by atoms with Gasteiger partial charge in [0.05, 0.1) is 6.04 Å². The molecule has 0 saturated carbocycles. The van der Waals surface area contributed by atoms with Gasteiger partial charge in [-0.05, 0) is 37.6 Å². The minimum Gasteiger partial charge on any atom is -0.354 e. The smallest absolute Gasteiger partial charge is 0.242 e. The number of rotatable bonds is 7. The number of hydrogen-bond donors (Lipinski definition) is 2. The monoisotopic (exact) mass is 297 g/mol. The normalized spacial score (nSPS) is 19.9. The van der Waals surface area contributed by atoms with Gasteiger partial charge in [0.2, 0.25) is 11.8 Å². The van der Waals surface area contributed by atoms with E-state index >= 15 is 0 Å². The summed E-state index contributed by atoms with van der Waals surface area (Å²) in [6.45, 7) is 9.82. The van der Waals surface area contributed by atoms with Gasteiger partial charge in [-0.2, -0.15) is 0 Å². The van der Waals surface area contributed by atoms with Crippen molar-refractivity contribution in [3.63, 3.8) is 0 Å². The van der Waals surface area contributed by atoms with E-state index in [0.717, 1.165) is 19.4 Å². The average molecular weight is 297 g/mol. The van der Waals surface area contributed by atoms with E-state index in [9.17, 15) is 9.59 Å². The second-order valence-electron chi connectivity index (χ2n) is 6.88. The Labute approximate surface area is 128 Å². The highest BCUT2D eigenvalue weighted by Crippen LogP contribution is 2.15. The number of carbonyl (C=O) groups is 2. The van der Waals surface area contributed by atoms with Gasteiger partial charge in [0.1, 0.15) is 6.04 Å². The van der Waals surface area contributed by atoms with Gasteiger partial charge in [-0.15, -0.1) is 0 Å². The SMILES string of the molecule is CC(C)CNC(=O)[C@@H](CC(C)C)N(C)C(=O)[C@@H]1CCCN1. The second-order valence-corrected chi connectivity index (χ2v) is 6.88. The van der Waals surface area contributed by atoms with Gasteiger partial charge in [-0.3, -0.25) is 9.59 Å². The van der Waals surface area contributed by atoms with E-state index in [0.29, 0.717) is 24.8 Å². The summed E-state index contributed by atoms with van der Waals surface area (Å²) in [4.78, 5) is 26.6. The summed E-state index contributed by atoms with van der Waals surface area (Å²) < 4.78 is 0. The zero-order chi connectivity index (χ0) is 16.0. The number of carbonyl (C=O) groups excluding carboxylic acids is 2. The van der Waals surface area contributed by atoms with Gasteiger partial charge in [0.25, 0.3) is 0 Å². The molecule has 5 nitrogen and oxygen atoms in total. The Morgan fingerprint density at radius 1 is 1.24 bits per heavy atom. The first kappa shape index (κ1) is 18.0. The predicted octanol–water partition coefficient (Wildman–Crippen LogP) is 1.38. The molecule has 2 atom stereocenters. The van der Waals surface area contributed by atoms with Crippen LogP contribution in [0.1, 0.15) is 47.0 Å². The van der Waals surface area contributed by atoms with E-state index in [1.807, 2.05) is 0 Å². The number of amides is 2. The predicted molar refractivity (Wildman–Crippen MR) is 84.9 cm³/mol. The molecule has 5 heteroatoms. The summed E-state index contributed by atoms with van der Waals surface area (Å²) >= 11 is 0. The van der Waals surface area contributed by atoms with Crippen molar-refractivity contribution >= 4 is 11.8 Å². The summed E-state index contributed by atoms with van der Waals surface area (Å²) in [5, 5.41) is 6.17. The fourth-order valence-electron chi connectivity index (χ4n) is 2.60. The van der Waals surface area contributed by atoms with Gasteiger partial charge in [0, 0.05) is 13.6 Å². The van der Waals surface area contributed by atoms with Crippen molar-refractivity contribution in [2.24, 2.45) is 11.8 Å². The zero-order valence-corrected chi connectivity index (χ0v) is 14.1. The molecule has 1 aliphatic heterocycles. The molecular formula is C16H31N3O2. The topological polar surface area (TPSA) is 61.4 Å². The summed E-state index contributed by atoms with van der Waals surface area (Å²) in [5.41, 5.74) is 0. The van der Waals surface area contributed by atoms with Crippen LogP contribution in [0.15, 0.2) is 0 Å². The van der Waals surface area contributed by atoms with Crippen LogP contribution in [0.4, 0.5) is 0 Å². The van der Waals surface area contributed by atoms with E-state index in [2.05, 4.69) is 38.3 Å². The molecule has 122 valence electrons. The molecule has 1 aliphatic rings. The van der Waals surface area contributed by atoms with Crippen LogP contribution in [0.25, 0.3) is 0 Å². The van der Waals surface area contributed by atoms with Crippen molar-refractivity contribution in [1.82, 2.24) is 15.5 Å². The van der Waals surface area contributed by atoms with Gasteiger partial charge in [-0.1, -0.05) is 27.7 Å². The highest BCUT2D eigenvalue weighted by molar-refractivity contribution is 5.89. The summed E-state index contributed by atoms with van der Waals surface area (Å²) in [5.74, 6) is 0.779. The van der Waals surface area contributed by atoms with E-state index in [-0.39, 0.29) is 23.9 Å². The Morgan fingerprint density at radius 2 is 1.90 bits per heavy atom. The van der Waals surface area contributed by atoms with Crippen LogP contribution in [0.3, 0.4) is 0 Å². The Hall–Kier alpha value is -1.10. The molecule has 0 spiro atoms. The van der Waals surface area contributed by atoms with Gasteiger partial charge in [0.15, 0.2) is 0 Å². The van der Waals surface area contributed by atoms with Crippen LogP contribution in [-0.4, -0.2) is 48.9 Å². The minimum absolute atomic E-state index is 0.0359. The zero-order valence-electron chi connectivity index (χ0n) is 14.1. The molecule has 0 unspecified atom stereocenters. The van der Waals surface area contributed by atoms with Gasteiger partial charge < -0.3 is 15.5 Å². The van der Waals surface area contributed by atoms with Crippen LogP contribution < -0.4 is 10.6 Å². The minimum atomic E-state index is -0.376. The molecule has 2 N–H and O–H groups in total. The van der Waals surface area contributed by atoms with Gasteiger partial charge >= 0.3 is 0 Å². The van der Waals surface area contributed by atoms with Crippen molar-refractivity contribution in [2.75, 3.05) is 20.1 Å². The molecule has 1 rings (SSSR count). The van der Waals surface area contributed by atoms with Crippen LogP contribution >= 0.6 is 0 Å². The molecule has 0 bridgehead atoms. The quantitative estimate of drug-likeness (QED) is 0.746. The van der Waals surface area contributed by atoms with Crippen molar-refractivity contribution in [3.8, 4) is 0 Å². The summed E-state index contributed by atoms with van der Waals surface area (Å²) in [6, 6.07) is -0.499. The van der Waals surface area contributed by atoms with Crippen LogP contribution in [0, 0.1) is 11.8 Å². The summed E-state index contributed by atoms with van der Waals surface area (Å²) in [7, 11) is 1.75. The van der Waals surface area contributed by atoms with E-state index in [4.69, 9.17) is 0 Å². The second kappa shape index (κ2) is 8.37. The standard InChI is InChI=1S/C16H31N3O2/c1-11(2)9-14(15(20)18-10-12(3)4)19(5)16(21)13-7-6-8-17-13/h11-14,17H,6-10H2,1-5H3,(H,18,20)/t13-,14+/m0/s1. The third kappa shape index (κ3) is 5.65. The van der Waals surface area contributed by atoms with Crippen molar-refractivity contribution < 1.29 is 9.59 Å². The molecule has 0 aromatic rings. The summed E-state index contributed by atoms with van der Waals surface area (Å²) in [6.07, 6.45) is 2.59. The highest BCUT2D eigenvalue weighted by Gasteiger charge is 2.32. The molecule has 21 heavy (non-hydrogen) atoms. The molecular weight excluding hydrogens is 266 g/mol. The van der Waals surface area contributed by atoms with Crippen LogP contribution in [0.2, 0.25) is 0 Å². The third-order valence-electron chi connectivity index (χ3n) is 3.86. The van der Waals surface area contributed by atoms with E-state index in [1.54, 1.807) is 11.9 Å². The first-order chi connectivity index (χ1) is 9.82. The molecule has 0 radical (unpaired) electrons. The molecule has 0 aromatic carbocycles. The van der Waals surface area contributed by atoms with Crippen LogP contribution in [-0.2, 0) is 9.59 Å². The van der Waals surface area contributed by atoms with Gasteiger partial charge in [-0.25, -0.2) is 0 Å². The van der Waals surface area contributed by atoms with Crippen LogP contribution in [0.5, 0.6) is 0 Å². The fraction of sp³-hybridized carbons (Fsp3) is 0.875. The molecule has 2 amide bonds. The lowest BCUT2D eigenvalue weighted by atomic mass is 10.0. The molecule has 1 heterocycles. The Balaban J connectivity index is 2.70. The van der Waals surface area contributed by atoms with E-state index < -0.39 is 0 Å². The lowest BCUT2D eigenvalue weighted by Gasteiger charge is -2.30. The fourth-order valence-corrected chi connectivity index (χ4v) is 2.60. The lowest BCUT2D eigenvalue weighted by molar-refractivity contribution is -0.140. The third-order valence-corrected chi connectivity index (χ3v) is 3.86. The Kier molecular flexibility index (Phi) is 7.15. The Morgan fingerprint density at radius 3 is 2.38 bits per heavy atom. The van der Waals surface area contributed by atoms with Crippen molar-refractivity contribution in [2.45, 2.75) is 59.0 Å². The van der Waals surface area contributed by atoms with E-state index in [1.165, 1.54) is 0 Å². The lowest BCUT2D eigenvalue weighted by Crippen LogP contribution is -2.53. The maximum absolute atomic E-state index is 12.5. The Bertz CT molecular complexity index is 349. The maximum Gasteiger partial charge on any atom is 0.242 e. The number of likely N-dealkylation sites (N-methyl/N-ethyl adjacent to an activating group) is 1.